The number of hydrogen-bond donors (Lipinski definition) is 2. The number of fused-ring (bicyclic) bond motifs is 1. The molecule has 1 aromatic carbocycles. The molecule has 0 spiro atoms. The van der Waals surface area contributed by atoms with Gasteiger partial charge in [-0.25, -0.2) is 13.6 Å². The fourth-order valence-corrected chi connectivity index (χ4v) is 2.83. The van der Waals surface area contributed by atoms with Crippen LogP contribution in [-0.2, 0) is 9.53 Å². The number of hydrogen-bond acceptors (Lipinski definition) is 4. The lowest BCUT2D eigenvalue weighted by atomic mass is 10.1. The molecule has 1 heterocycles. The Morgan fingerprint density at radius 1 is 1.40 bits per heavy atom. The third-order valence-corrected chi connectivity index (χ3v) is 4.36. The highest BCUT2D eigenvalue weighted by Crippen LogP contribution is 2.51. The fourth-order valence-electron chi connectivity index (χ4n) is 2.83. The molecule has 1 unspecified atom stereocenters. The second-order valence-corrected chi connectivity index (χ2v) is 6.05. The van der Waals surface area contributed by atoms with E-state index in [-0.39, 0.29) is 18.5 Å². The van der Waals surface area contributed by atoms with Gasteiger partial charge in [0.15, 0.2) is 0 Å². The maximum atomic E-state index is 13.1. The highest BCUT2D eigenvalue weighted by molar-refractivity contribution is 6.01. The van der Waals surface area contributed by atoms with Crippen molar-refractivity contribution in [1.29, 1.82) is 0 Å². The van der Waals surface area contributed by atoms with Crippen LogP contribution >= 0.6 is 0 Å². The van der Waals surface area contributed by atoms with Crippen LogP contribution in [0.15, 0.2) is 24.3 Å². The molecular weight excluding hydrogens is 334 g/mol. The summed E-state index contributed by atoms with van der Waals surface area (Å²) in [5.74, 6) is -4.41. The van der Waals surface area contributed by atoms with Gasteiger partial charge in [0.1, 0.15) is 17.5 Å². The van der Waals surface area contributed by atoms with E-state index in [4.69, 9.17) is 4.74 Å². The highest BCUT2D eigenvalue weighted by atomic mass is 19.3. The number of carbonyl (C=O) groups is 2. The Labute approximate surface area is 142 Å². The van der Waals surface area contributed by atoms with E-state index in [0.717, 1.165) is 7.11 Å². The van der Waals surface area contributed by atoms with Gasteiger partial charge in [0.25, 0.3) is 11.8 Å². The van der Waals surface area contributed by atoms with Crippen molar-refractivity contribution in [2.24, 2.45) is 5.92 Å². The number of aromatic nitrogens is 1. The molecule has 1 aliphatic carbocycles. The van der Waals surface area contributed by atoms with Crippen molar-refractivity contribution in [3.63, 3.8) is 0 Å². The first-order valence-corrected chi connectivity index (χ1v) is 7.78. The molecule has 8 heteroatoms. The van der Waals surface area contributed by atoms with Crippen LogP contribution in [0.2, 0.25) is 0 Å². The molecule has 2 aromatic rings. The fraction of sp³-hybridized carbons (Fsp3) is 0.412. The minimum atomic E-state index is -2.77. The van der Waals surface area contributed by atoms with Crippen molar-refractivity contribution in [3.8, 4) is 5.75 Å². The number of H-pyrrole nitrogens is 1. The summed E-state index contributed by atoms with van der Waals surface area (Å²) in [5, 5.41) is 3.18. The first-order chi connectivity index (χ1) is 11.9. The van der Waals surface area contributed by atoms with E-state index in [9.17, 15) is 18.4 Å². The summed E-state index contributed by atoms with van der Waals surface area (Å²) >= 11 is 0. The van der Waals surface area contributed by atoms with E-state index in [2.05, 4.69) is 15.0 Å². The molecule has 3 rings (SSSR count). The van der Waals surface area contributed by atoms with Crippen molar-refractivity contribution < 1.29 is 27.8 Å². The van der Waals surface area contributed by atoms with E-state index >= 15 is 0 Å². The summed E-state index contributed by atoms with van der Waals surface area (Å²) in [5.41, 5.74) is 0.892. The predicted octanol–water partition coefficient (Wildman–Crippen LogP) is 2.49. The number of carbonyl (C=O) groups excluding carboxylic acids is 2. The number of nitrogens with one attached hydrogen (secondary N) is 2. The van der Waals surface area contributed by atoms with Crippen LogP contribution in [0, 0.1) is 5.92 Å². The van der Waals surface area contributed by atoms with Crippen LogP contribution in [0.4, 0.5) is 8.78 Å². The number of rotatable bonds is 6. The molecule has 1 aromatic heterocycles. The number of amides is 1. The standard InChI is InChI=1S/C17H18F2N2O4/c1-24-14-5-3-4-11-10(14)7-12(20-11)15(22)21-13(16(23)25-2)6-9-8-17(9,18)19/h3-5,7,9,13,20H,6,8H2,1-2H3,(H,21,22)/t9?,13-/m0/s1. The van der Waals surface area contributed by atoms with Crippen LogP contribution < -0.4 is 10.1 Å². The Morgan fingerprint density at radius 3 is 2.72 bits per heavy atom. The monoisotopic (exact) mass is 352 g/mol. The average molecular weight is 352 g/mol. The molecule has 6 nitrogen and oxygen atoms in total. The molecule has 2 N–H and O–H groups in total. The number of methoxy groups -OCH3 is 2. The number of alkyl halides is 2. The second kappa shape index (κ2) is 6.34. The quantitative estimate of drug-likeness (QED) is 0.783. The molecule has 0 aliphatic heterocycles. The minimum absolute atomic E-state index is 0.158. The third kappa shape index (κ3) is 3.42. The van der Waals surface area contributed by atoms with E-state index in [1.807, 2.05) is 0 Å². The lowest BCUT2D eigenvalue weighted by Gasteiger charge is -2.15. The zero-order valence-electron chi connectivity index (χ0n) is 13.8. The number of aromatic amines is 1. The first-order valence-electron chi connectivity index (χ1n) is 7.78. The molecule has 0 radical (unpaired) electrons. The van der Waals surface area contributed by atoms with Gasteiger partial charge in [-0.15, -0.1) is 0 Å². The first kappa shape index (κ1) is 17.2. The molecule has 1 amide bonds. The predicted molar refractivity (Wildman–Crippen MR) is 85.8 cm³/mol. The number of halogens is 2. The molecule has 1 saturated carbocycles. The van der Waals surface area contributed by atoms with Crippen LogP contribution in [0.5, 0.6) is 5.75 Å². The van der Waals surface area contributed by atoms with Crippen molar-refractivity contribution in [2.75, 3.05) is 14.2 Å². The molecule has 134 valence electrons. The van der Waals surface area contributed by atoms with Crippen LogP contribution in [-0.4, -0.2) is 43.0 Å². The Morgan fingerprint density at radius 2 is 2.12 bits per heavy atom. The van der Waals surface area contributed by atoms with Gasteiger partial charge in [0, 0.05) is 23.2 Å². The minimum Gasteiger partial charge on any atom is -0.496 e. The van der Waals surface area contributed by atoms with Crippen LogP contribution in [0.25, 0.3) is 10.9 Å². The molecule has 2 atom stereocenters. The summed E-state index contributed by atoms with van der Waals surface area (Å²) in [6.07, 6.45) is -0.436. The molecule has 1 fully saturated rings. The van der Waals surface area contributed by atoms with E-state index in [1.165, 1.54) is 7.11 Å². The Hall–Kier alpha value is -2.64. The van der Waals surface area contributed by atoms with Gasteiger partial charge in [0.2, 0.25) is 0 Å². The summed E-state index contributed by atoms with van der Waals surface area (Å²) in [6.45, 7) is 0. The second-order valence-electron chi connectivity index (χ2n) is 6.05. The van der Waals surface area contributed by atoms with Gasteiger partial charge in [-0.3, -0.25) is 4.79 Å². The summed E-state index contributed by atoms with van der Waals surface area (Å²) in [6, 6.07) is 5.76. The number of esters is 1. The largest absolute Gasteiger partial charge is 0.496 e. The van der Waals surface area contributed by atoms with E-state index in [1.54, 1.807) is 24.3 Å². The Balaban J connectivity index is 1.78. The molecule has 1 aliphatic rings. The van der Waals surface area contributed by atoms with Gasteiger partial charge < -0.3 is 19.8 Å². The lowest BCUT2D eigenvalue weighted by molar-refractivity contribution is -0.143. The average Bonchev–Trinajstić information content (AvgIpc) is 2.99. The number of benzene rings is 1. The normalized spacial score (nSPS) is 19.3. The zero-order chi connectivity index (χ0) is 18.2. The van der Waals surface area contributed by atoms with Crippen molar-refractivity contribution in [1.82, 2.24) is 10.3 Å². The van der Waals surface area contributed by atoms with Crippen molar-refractivity contribution >= 4 is 22.8 Å². The smallest absolute Gasteiger partial charge is 0.328 e. The topological polar surface area (TPSA) is 80.4 Å². The van der Waals surface area contributed by atoms with Crippen molar-refractivity contribution in [3.05, 3.63) is 30.0 Å². The van der Waals surface area contributed by atoms with Gasteiger partial charge in [-0.05, 0) is 24.6 Å². The maximum Gasteiger partial charge on any atom is 0.328 e. The van der Waals surface area contributed by atoms with Gasteiger partial charge in [-0.1, -0.05) is 6.07 Å². The van der Waals surface area contributed by atoms with Gasteiger partial charge in [-0.2, -0.15) is 0 Å². The summed E-state index contributed by atoms with van der Waals surface area (Å²) in [7, 11) is 2.67. The van der Waals surface area contributed by atoms with E-state index < -0.39 is 29.8 Å². The SMILES string of the molecule is COC(=O)[C@H](CC1CC1(F)F)NC(=O)c1cc2c(OC)cccc2[nH]1. The maximum absolute atomic E-state index is 13.1. The lowest BCUT2D eigenvalue weighted by Crippen LogP contribution is -2.42. The van der Waals surface area contributed by atoms with Crippen molar-refractivity contribution in [2.45, 2.75) is 24.8 Å². The molecule has 0 saturated heterocycles. The van der Waals surface area contributed by atoms with Crippen LogP contribution in [0.1, 0.15) is 23.3 Å². The van der Waals surface area contributed by atoms with E-state index in [0.29, 0.717) is 16.7 Å². The number of ether oxygens (including phenoxy) is 2. The van der Waals surface area contributed by atoms with Crippen LogP contribution in [0.3, 0.4) is 0 Å². The highest BCUT2D eigenvalue weighted by Gasteiger charge is 2.57. The van der Waals surface area contributed by atoms with Gasteiger partial charge >= 0.3 is 5.97 Å². The Kier molecular flexibility index (Phi) is 4.36. The Bertz CT molecular complexity index is 818. The zero-order valence-corrected chi connectivity index (χ0v) is 13.8. The summed E-state index contributed by atoms with van der Waals surface area (Å²) < 4.78 is 36.1. The summed E-state index contributed by atoms with van der Waals surface area (Å²) in [4.78, 5) is 27.2. The van der Waals surface area contributed by atoms with Gasteiger partial charge in [0.05, 0.1) is 14.2 Å². The molecular formula is C17H18F2N2O4. The molecule has 0 bridgehead atoms. The molecule has 25 heavy (non-hydrogen) atoms. The third-order valence-electron chi connectivity index (χ3n) is 4.36.